The minimum Gasteiger partial charge on any atom is -0.454 e. The molecule has 2 aromatic carbocycles. The second-order valence-electron chi connectivity index (χ2n) is 7.50. The lowest BCUT2D eigenvalue weighted by atomic mass is 10.2. The van der Waals surface area contributed by atoms with Crippen molar-refractivity contribution in [2.75, 3.05) is 17.4 Å². The summed E-state index contributed by atoms with van der Waals surface area (Å²) in [6.45, 7) is 6.45. The number of aryl methyl sites for hydroxylation is 1. The minimum atomic E-state index is -0.432. The molecular weight excluding hydrogens is 442 g/mol. The molecule has 0 fully saturated rings. The first kappa shape index (κ1) is 22.7. The zero-order chi connectivity index (χ0) is 23.4. The summed E-state index contributed by atoms with van der Waals surface area (Å²) in [5.41, 5.74) is 2.39. The second kappa shape index (κ2) is 9.95. The summed E-state index contributed by atoms with van der Waals surface area (Å²) in [6.07, 6.45) is 0.0908. The Hall–Kier alpha value is -3.53. The Labute approximate surface area is 195 Å². The Morgan fingerprint density at radius 1 is 1.12 bits per heavy atom. The largest absolute Gasteiger partial charge is 0.454 e. The Kier molecular flexibility index (Phi) is 6.83. The molecule has 9 nitrogen and oxygen atoms in total. The van der Waals surface area contributed by atoms with E-state index in [4.69, 9.17) is 9.47 Å². The van der Waals surface area contributed by atoms with E-state index < -0.39 is 5.25 Å². The predicted octanol–water partition coefficient (Wildman–Crippen LogP) is 3.64. The number of carbonyl (C=O) groups excluding carboxylic acids is 2. The molecule has 1 aliphatic heterocycles. The molecule has 1 aliphatic rings. The molecule has 10 heteroatoms. The first-order valence-electron chi connectivity index (χ1n) is 10.6. The van der Waals surface area contributed by atoms with E-state index in [1.54, 1.807) is 25.1 Å². The van der Waals surface area contributed by atoms with Crippen molar-refractivity contribution in [1.82, 2.24) is 14.8 Å². The Bertz CT molecular complexity index is 1180. The van der Waals surface area contributed by atoms with E-state index in [1.807, 2.05) is 42.7 Å². The number of hydrogen-bond donors (Lipinski definition) is 2. The van der Waals surface area contributed by atoms with Gasteiger partial charge >= 0.3 is 0 Å². The van der Waals surface area contributed by atoms with Crippen LogP contribution in [0.3, 0.4) is 0 Å². The molecule has 1 aromatic heterocycles. The molecular formula is C23H25N5O4S. The molecule has 0 aliphatic carbocycles. The van der Waals surface area contributed by atoms with E-state index in [-0.39, 0.29) is 25.0 Å². The van der Waals surface area contributed by atoms with Crippen molar-refractivity contribution in [2.45, 2.75) is 44.1 Å². The molecule has 33 heavy (non-hydrogen) atoms. The number of fused-ring (bicyclic) bond motifs is 1. The van der Waals surface area contributed by atoms with E-state index in [1.165, 1.54) is 11.8 Å². The van der Waals surface area contributed by atoms with Crippen LogP contribution in [-0.2, 0) is 22.6 Å². The fourth-order valence-electron chi connectivity index (χ4n) is 3.34. The number of aromatic nitrogens is 3. The molecule has 2 amide bonds. The van der Waals surface area contributed by atoms with Gasteiger partial charge in [0.1, 0.15) is 5.82 Å². The van der Waals surface area contributed by atoms with Gasteiger partial charge in [-0.3, -0.25) is 9.59 Å². The lowest BCUT2D eigenvalue weighted by Crippen LogP contribution is -2.23. The number of anilines is 2. The van der Waals surface area contributed by atoms with Crippen LogP contribution in [-0.4, -0.2) is 38.6 Å². The topological polar surface area (TPSA) is 107 Å². The summed E-state index contributed by atoms with van der Waals surface area (Å²) in [6, 6.07) is 12.9. The van der Waals surface area contributed by atoms with Crippen molar-refractivity contribution in [3.63, 3.8) is 0 Å². The van der Waals surface area contributed by atoms with E-state index in [0.717, 1.165) is 11.3 Å². The van der Waals surface area contributed by atoms with Gasteiger partial charge in [0.2, 0.25) is 18.6 Å². The van der Waals surface area contributed by atoms with Gasteiger partial charge in [-0.15, -0.1) is 10.2 Å². The van der Waals surface area contributed by atoms with Crippen molar-refractivity contribution in [3.8, 4) is 11.5 Å². The second-order valence-corrected chi connectivity index (χ2v) is 8.81. The van der Waals surface area contributed by atoms with Gasteiger partial charge < -0.3 is 24.7 Å². The van der Waals surface area contributed by atoms with E-state index >= 15 is 0 Å². The smallest absolute Gasteiger partial charge is 0.237 e. The number of benzene rings is 2. The highest BCUT2D eigenvalue weighted by Crippen LogP contribution is 2.34. The Balaban J connectivity index is 1.38. The highest BCUT2D eigenvalue weighted by Gasteiger charge is 2.22. The number of rotatable bonds is 8. The molecule has 172 valence electrons. The maximum Gasteiger partial charge on any atom is 0.237 e. The third kappa shape index (κ3) is 5.28. The number of amides is 2. The number of ether oxygens (including phenoxy) is 2. The van der Waals surface area contributed by atoms with Crippen LogP contribution in [0, 0.1) is 6.92 Å². The molecule has 0 saturated carbocycles. The lowest BCUT2D eigenvalue weighted by Gasteiger charge is -2.13. The molecule has 0 bridgehead atoms. The van der Waals surface area contributed by atoms with Crippen LogP contribution in [0.1, 0.15) is 25.2 Å². The summed E-state index contributed by atoms with van der Waals surface area (Å²) in [4.78, 5) is 25.3. The van der Waals surface area contributed by atoms with Gasteiger partial charge in [0.15, 0.2) is 16.7 Å². The monoisotopic (exact) mass is 467 g/mol. The van der Waals surface area contributed by atoms with Gasteiger partial charge in [0.25, 0.3) is 0 Å². The van der Waals surface area contributed by atoms with Crippen molar-refractivity contribution in [1.29, 1.82) is 0 Å². The summed E-state index contributed by atoms with van der Waals surface area (Å²) in [5.74, 6) is 1.47. The third-order valence-electron chi connectivity index (χ3n) is 5.14. The third-order valence-corrected chi connectivity index (χ3v) is 6.22. The van der Waals surface area contributed by atoms with Gasteiger partial charge in [-0.1, -0.05) is 30.0 Å². The summed E-state index contributed by atoms with van der Waals surface area (Å²) < 4.78 is 12.5. The molecule has 2 N–H and O–H groups in total. The summed E-state index contributed by atoms with van der Waals surface area (Å²) in [5, 5.41) is 14.4. The molecule has 0 radical (unpaired) electrons. The fraction of sp³-hybridized carbons (Fsp3) is 0.304. The SMILES string of the molecule is CCn1c(CC(=O)Nc2ccccc2C)nnc1SC(C)C(=O)Nc1ccc2c(c1)OCO2. The average Bonchev–Trinajstić information content (AvgIpc) is 3.41. The van der Waals surface area contributed by atoms with E-state index in [9.17, 15) is 9.59 Å². The number of thioether (sulfide) groups is 1. The minimum absolute atomic E-state index is 0.0908. The number of nitrogens with zero attached hydrogens (tertiary/aromatic N) is 3. The van der Waals surface area contributed by atoms with Crippen LogP contribution in [0.25, 0.3) is 0 Å². The zero-order valence-electron chi connectivity index (χ0n) is 18.6. The van der Waals surface area contributed by atoms with Crippen molar-refractivity contribution in [3.05, 3.63) is 53.9 Å². The summed E-state index contributed by atoms with van der Waals surface area (Å²) in [7, 11) is 0. The number of carbonyl (C=O) groups is 2. The van der Waals surface area contributed by atoms with Gasteiger partial charge in [0, 0.05) is 24.0 Å². The normalized spacial score (nSPS) is 12.9. The number of hydrogen-bond acceptors (Lipinski definition) is 7. The molecule has 0 spiro atoms. The van der Waals surface area contributed by atoms with E-state index in [2.05, 4.69) is 20.8 Å². The van der Waals surface area contributed by atoms with Crippen molar-refractivity contribution in [2.24, 2.45) is 0 Å². The van der Waals surface area contributed by atoms with Crippen molar-refractivity contribution >= 4 is 35.0 Å². The van der Waals surface area contributed by atoms with Gasteiger partial charge in [-0.05, 0) is 44.5 Å². The fourth-order valence-corrected chi connectivity index (χ4v) is 4.27. The van der Waals surface area contributed by atoms with Gasteiger partial charge in [0.05, 0.1) is 11.7 Å². The molecule has 1 unspecified atom stereocenters. The molecule has 4 rings (SSSR count). The molecule has 3 aromatic rings. The van der Waals surface area contributed by atoms with Crippen LogP contribution < -0.4 is 20.1 Å². The highest BCUT2D eigenvalue weighted by molar-refractivity contribution is 8.00. The Morgan fingerprint density at radius 3 is 2.70 bits per heavy atom. The highest BCUT2D eigenvalue weighted by atomic mass is 32.2. The van der Waals surface area contributed by atoms with Crippen LogP contribution in [0.4, 0.5) is 11.4 Å². The number of nitrogens with one attached hydrogen (secondary N) is 2. The zero-order valence-corrected chi connectivity index (χ0v) is 19.4. The lowest BCUT2D eigenvalue weighted by molar-refractivity contribution is -0.116. The Morgan fingerprint density at radius 2 is 1.91 bits per heavy atom. The maximum absolute atomic E-state index is 12.7. The van der Waals surface area contributed by atoms with Gasteiger partial charge in [-0.25, -0.2) is 0 Å². The van der Waals surface area contributed by atoms with Crippen LogP contribution in [0.2, 0.25) is 0 Å². The molecule has 0 saturated heterocycles. The quantitative estimate of drug-likeness (QED) is 0.487. The molecule has 1 atom stereocenters. The first-order valence-corrected chi connectivity index (χ1v) is 11.5. The van der Waals surface area contributed by atoms with Crippen LogP contribution in [0.5, 0.6) is 11.5 Å². The van der Waals surface area contributed by atoms with Gasteiger partial charge in [-0.2, -0.15) is 0 Å². The van der Waals surface area contributed by atoms with Crippen LogP contribution >= 0.6 is 11.8 Å². The predicted molar refractivity (Wildman–Crippen MR) is 126 cm³/mol. The number of para-hydroxylation sites is 1. The van der Waals surface area contributed by atoms with Crippen LogP contribution in [0.15, 0.2) is 47.6 Å². The summed E-state index contributed by atoms with van der Waals surface area (Å²) >= 11 is 1.29. The van der Waals surface area contributed by atoms with Crippen molar-refractivity contribution < 1.29 is 19.1 Å². The maximum atomic E-state index is 12.7. The average molecular weight is 468 g/mol. The molecule has 2 heterocycles. The van der Waals surface area contributed by atoms with E-state index in [0.29, 0.717) is 34.7 Å². The first-order chi connectivity index (χ1) is 15.9. The standard InChI is InChI=1S/C23H25N5O4S/c1-4-28-20(12-21(29)25-17-8-6-5-7-14(17)2)26-27-23(28)33-15(3)22(30)24-16-9-10-18-19(11-16)32-13-31-18/h5-11,15H,4,12-13H2,1-3H3,(H,24,30)(H,25,29).